The molecule has 1 amide bonds. The van der Waals surface area contributed by atoms with E-state index in [9.17, 15) is 15.0 Å². The fourth-order valence-electron chi connectivity index (χ4n) is 2.46. The Labute approximate surface area is 157 Å². The number of phenolic OH excluding ortho intramolecular Hbond substituents is 2. The normalized spacial score (nSPS) is 12.0. The Balaban J connectivity index is 2.01. The van der Waals surface area contributed by atoms with Gasteiger partial charge in [-0.2, -0.15) is 0 Å². The van der Waals surface area contributed by atoms with Gasteiger partial charge in [-0.15, -0.1) is 0 Å². The van der Waals surface area contributed by atoms with Gasteiger partial charge in [0.25, 0.3) is 0 Å². The third-order valence-electron chi connectivity index (χ3n) is 3.94. The Morgan fingerprint density at radius 3 is 2.19 bits per heavy atom. The van der Waals surface area contributed by atoms with Crippen molar-refractivity contribution in [3.63, 3.8) is 0 Å². The molecule has 2 aromatic rings. The van der Waals surface area contributed by atoms with Crippen molar-refractivity contribution in [3.05, 3.63) is 53.6 Å². The van der Waals surface area contributed by atoms with Crippen LogP contribution in [-0.2, 0) is 9.53 Å². The highest BCUT2D eigenvalue weighted by molar-refractivity contribution is 5.91. The number of benzene rings is 2. The van der Waals surface area contributed by atoms with Crippen LogP contribution in [0.3, 0.4) is 0 Å². The number of phenols is 2. The highest BCUT2D eigenvalue weighted by Gasteiger charge is 2.12. The lowest BCUT2D eigenvalue weighted by Gasteiger charge is -2.16. The first-order valence-corrected chi connectivity index (χ1v) is 8.21. The lowest BCUT2D eigenvalue weighted by Crippen LogP contribution is -2.27. The number of carbonyl (C=O) groups excluding carboxylic acids is 1. The summed E-state index contributed by atoms with van der Waals surface area (Å²) in [6.07, 6.45) is 2.62. The number of hydrogen-bond donors (Lipinski definition) is 3. The summed E-state index contributed by atoms with van der Waals surface area (Å²) in [5, 5.41) is 22.0. The van der Waals surface area contributed by atoms with Crippen LogP contribution >= 0.6 is 0 Å². The minimum Gasteiger partial charge on any atom is -0.508 e. The van der Waals surface area contributed by atoms with Gasteiger partial charge in [0.1, 0.15) is 5.75 Å². The van der Waals surface area contributed by atoms with E-state index >= 15 is 0 Å². The van der Waals surface area contributed by atoms with E-state index in [1.54, 1.807) is 49.6 Å². The summed E-state index contributed by atoms with van der Waals surface area (Å²) >= 11 is 0. The lowest BCUT2D eigenvalue weighted by atomic mass is 10.1. The molecule has 0 unspecified atom stereocenters. The van der Waals surface area contributed by atoms with E-state index < -0.39 is 0 Å². The Bertz CT molecular complexity index is 776. The van der Waals surface area contributed by atoms with E-state index in [0.29, 0.717) is 5.56 Å². The molecule has 2 aromatic carbocycles. The largest absolute Gasteiger partial charge is 0.508 e. The first-order chi connectivity index (χ1) is 13.0. The summed E-state index contributed by atoms with van der Waals surface area (Å²) in [5.41, 5.74) is 1.48. The van der Waals surface area contributed by atoms with Gasteiger partial charge >= 0.3 is 0 Å². The number of rotatable bonds is 8. The molecule has 0 saturated carbocycles. The van der Waals surface area contributed by atoms with Crippen molar-refractivity contribution in [2.75, 3.05) is 27.9 Å². The van der Waals surface area contributed by atoms with E-state index in [4.69, 9.17) is 14.2 Å². The van der Waals surface area contributed by atoms with Gasteiger partial charge in [0.05, 0.1) is 20.3 Å². The van der Waals surface area contributed by atoms with Crippen molar-refractivity contribution in [3.8, 4) is 23.0 Å². The standard InChI is InChI=1S/C20H23NO6/c1-25-16-10-13(11-17(26-2)20(16)24)4-9-19(23)21-12-18(27-3)14-5-7-15(22)8-6-14/h4-11,18,22,24H,12H2,1-3H3,(H,21,23)/b9-4+/t18-/m1/s1. The van der Waals surface area contributed by atoms with Crippen molar-refractivity contribution >= 4 is 12.0 Å². The zero-order chi connectivity index (χ0) is 19.8. The molecular weight excluding hydrogens is 350 g/mol. The molecule has 0 saturated heterocycles. The number of hydrogen-bond acceptors (Lipinski definition) is 6. The minimum atomic E-state index is -0.336. The second kappa shape index (κ2) is 9.49. The monoisotopic (exact) mass is 373 g/mol. The molecule has 27 heavy (non-hydrogen) atoms. The van der Waals surface area contributed by atoms with Crippen LogP contribution in [-0.4, -0.2) is 44.0 Å². The van der Waals surface area contributed by atoms with E-state index in [1.807, 2.05) is 0 Å². The fourth-order valence-corrected chi connectivity index (χ4v) is 2.46. The van der Waals surface area contributed by atoms with Crippen LogP contribution in [0.4, 0.5) is 0 Å². The van der Waals surface area contributed by atoms with Crippen LogP contribution in [0.15, 0.2) is 42.5 Å². The highest BCUT2D eigenvalue weighted by atomic mass is 16.5. The maximum Gasteiger partial charge on any atom is 0.244 e. The van der Waals surface area contributed by atoms with Gasteiger partial charge in [-0.3, -0.25) is 4.79 Å². The molecule has 0 aliphatic heterocycles. The Morgan fingerprint density at radius 1 is 1.07 bits per heavy atom. The molecule has 0 bridgehead atoms. The van der Waals surface area contributed by atoms with Gasteiger partial charge in [0, 0.05) is 19.7 Å². The highest BCUT2D eigenvalue weighted by Crippen LogP contribution is 2.37. The Kier molecular flexibility index (Phi) is 7.08. The van der Waals surface area contributed by atoms with Crippen LogP contribution in [0, 0.1) is 0 Å². The van der Waals surface area contributed by atoms with Crippen molar-refractivity contribution in [2.45, 2.75) is 6.10 Å². The summed E-state index contributed by atoms with van der Waals surface area (Å²) in [6, 6.07) is 9.79. The first-order valence-electron chi connectivity index (χ1n) is 8.21. The second-order valence-corrected chi connectivity index (χ2v) is 5.67. The molecule has 0 spiro atoms. The predicted octanol–water partition coefficient (Wildman–Crippen LogP) is 2.63. The summed E-state index contributed by atoms with van der Waals surface area (Å²) in [6.45, 7) is 0.271. The Morgan fingerprint density at radius 2 is 1.67 bits per heavy atom. The molecule has 0 aromatic heterocycles. The molecule has 0 fully saturated rings. The zero-order valence-corrected chi connectivity index (χ0v) is 15.4. The maximum absolute atomic E-state index is 12.1. The van der Waals surface area contributed by atoms with Gasteiger partial charge in [0.2, 0.25) is 11.7 Å². The number of ether oxygens (including phenoxy) is 3. The Hall–Kier alpha value is -3.19. The molecule has 3 N–H and O–H groups in total. The molecule has 144 valence electrons. The van der Waals surface area contributed by atoms with E-state index in [1.165, 1.54) is 20.3 Å². The van der Waals surface area contributed by atoms with Gasteiger partial charge < -0.3 is 29.7 Å². The number of aromatic hydroxyl groups is 2. The smallest absolute Gasteiger partial charge is 0.244 e. The molecule has 0 radical (unpaired) electrons. The molecular formula is C20H23NO6. The molecule has 2 rings (SSSR count). The molecule has 7 heteroatoms. The fraction of sp³-hybridized carbons (Fsp3) is 0.250. The second-order valence-electron chi connectivity index (χ2n) is 5.67. The van der Waals surface area contributed by atoms with Gasteiger partial charge in [-0.05, 0) is 41.5 Å². The SMILES string of the molecule is COc1cc(/C=C/C(=O)NC[C@@H](OC)c2ccc(O)cc2)cc(OC)c1O. The maximum atomic E-state index is 12.1. The average Bonchev–Trinajstić information content (AvgIpc) is 2.68. The number of methoxy groups -OCH3 is 3. The van der Waals surface area contributed by atoms with Crippen LogP contribution in [0.5, 0.6) is 23.0 Å². The first kappa shape index (κ1) is 20.1. The summed E-state index contributed by atoms with van der Waals surface area (Å²) < 4.78 is 15.6. The van der Waals surface area contributed by atoms with Gasteiger partial charge in [-0.25, -0.2) is 0 Å². The van der Waals surface area contributed by atoms with Crippen LogP contribution in [0.25, 0.3) is 6.08 Å². The molecule has 0 aliphatic carbocycles. The van der Waals surface area contributed by atoms with Gasteiger partial charge in [-0.1, -0.05) is 12.1 Å². The van der Waals surface area contributed by atoms with Gasteiger partial charge in [0.15, 0.2) is 11.5 Å². The van der Waals surface area contributed by atoms with Crippen molar-refractivity contribution in [2.24, 2.45) is 0 Å². The van der Waals surface area contributed by atoms with Crippen LogP contribution in [0.1, 0.15) is 17.2 Å². The quantitative estimate of drug-likeness (QED) is 0.616. The number of carbonyl (C=O) groups is 1. The minimum absolute atomic E-state index is 0.0987. The van der Waals surface area contributed by atoms with Crippen molar-refractivity contribution in [1.29, 1.82) is 0 Å². The van der Waals surface area contributed by atoms with Crippen LogP contribution in [0.2, 0.25) is 0 Å². The molecule has 1 atom stereocenters. The van der Waals surface area contributed by atoms with E-state index in [0.717, 1.165) is 5.56 Å². The predicted molar refractivity (Wildman–Crippen MR) is 101 cm³/mol. The van der Waals surface area contributed by atoms with Crippen molar-refractivity contribution in [1.82, 2.24) is 5.32 Å². The third-order valence-corrected chi connectivity index (χ3v) is 3.94. The van der Waals surface area contributed by atoms with Crippen LogP contribution < -0.4 is 14.8 Å². The average molecular weight is 373 g/mol. The molecule has 0 aliphatic rings. The topological polar surface area (TPSA) is 97.3 Å². The van der Waals surface area contributed by atoms with E-state index in [-0.39, 0.29) is 41.6 Å². The van der Waals surface area contributed by atoms with E-state index in [2.05, 4.69) is 5.32 Å². The number of nitrogens with one attached hydrogen (secondary N) is 1. The summed E-state index contributed by atoms with van der Waals surface area (Å²) in [7, 11) is 4.42. The third kappa shape index (κ3) is 5.39. The lowest BCUT2D eigenvalue weighted by molar-refractivity contribution is -0.117. The molecule has 0 heterocycles. The summed E-state index contributed by atoms with van der Waals surface area (Å²) in [5.74, 6) is 0.267. The van der Waals surface area contributed by atoms with Crippen molar-refractivity contribution < 1.29 is 29.2 Å². The zero-order valence-electron chi connectivity index (χ0n) is 15.4. The number of amides is 1. The molecule has 7 nitrogen and oxygen atoms in total. The summed E-state index contributed by atoms with van der Waals surface area (Å²) in [4.78, 5) is 12.1.